The van der Waals surface area contributed by atoms with Crippen LogP contribution in [0, 0.1) is 5.82 Å². The lowest BCUT2D eigenvalue weighted by Crippen LogP contribution is -2.30. The van der Waals surface area contributed by atoms with Crippen molar-refractivity contribution in [2.75, 3.05) is 39.7 Å². The normalized spacial score (nSPS) is 12.2. The van der Waals surface area contributed by atoms with Crippen molar-refractivity contribution in [3.05, 3.63) is 47.5 Å². The van der Waals surface area contributed by atoms with Gasteiger partial charge in [0.05, 0.1) is 18.3 Å². The number of nitrogens with zero attached hydrogens (tertiary/aromatic N) is 3. The Kier molecular flexibility index (Phi) is 6.68. The second kappa shape index (κ2) is 9.21. The molecule has 0 aliphatic rings. The Labute approximate surface area is 173 Å². The minimum absolute atomic E-state index is 0.103. The predicted molar refractivity (Wildman–Crippen MR) is 111 cm³/mol. The summed E-state index contributed by atoms with van der Waals surface area (Å²) in [5, 5.41) is 13.9. The molecule has 2 N–H and O–H groups in total. The lowest BCUT2D eigenvalue weighted by Gasteiger charge is -2.18. The molecule has 0 saturated heterocycles. The SMILES string of the molecule is COc1cc2c(Nc3ccc(Cl)cc3F)ncnc2cc1OCC(O)CN(C)C. The largest absolute Gasteiger partial charge is 0.493 e. The Bertz CT molecular complexity index is 1000. The maximum Gasteiger partial charge on any atom is 0.163 e. The molecular weight excluding hydrogens is 399 g/mol. The van der Waals surface area contributed by atoms with Crippen molar-refractivity contribution < 1.29 is 19.0 Å². The number of aromatic nitrogens is 2. The van der Waals surface area contributed by atoms with Crippen molar-refractivity contribution in [1.29, 1.82) is 0 Å². The van der Waals surface area contributed by atoms with Crippen LogP contribution < -0.4 is 14.8 Å². The van der Waals surface area contributed by atoms with Crippen molar-refractivity contribution in [2.45, 2.75) is 6.10 Å². The molecule has 29 heavy (non-hydrogen) atoms. The molecule has 0 aliphatic carbocycles. The van der Waals surface area contributed by atoms with Gasteiger partial charge in [0.25, 0.3) is 0 Å². The maximum absolute atomic E-state index is 14.1. The number of hydrogen-bond donors (Lipinski definition) is 2. The molecule has 9 heteroatoms. The Morgan fingerprint density at radius 2 is 2.00 bits per heavy atom. The molecule has 0 aliphatic heterocycles. The maximum atomic E-state index is 14.1. The summed E-state index contributed by atoms with van der Waals surface area (Å²) < 4.78 is 25.3. The van der Waals surface area contributed by atoms with Gasteiger partial charge in [-0.05, 0) is 38.4 Å². The van der Waals surface area contributed by atoms with Crippen molar-refractivity contribution in [1.82, 2.24) is 14.9 Å². The van der Waals surface area contributed by atoms with E-state index in [1.807, 2.05) is 19.0 Å². The van der Waals surface area contributed by atoms with Gasteiger partial charge in [0.2, 0.25) is 0 Å². The first-order chi connectivity index (χ1) is 13.9. The zero-order valence-corrected chi connectivity index (χ0v) is 17.1. The molecule has 0 spiro atoms. The molecule has 1 heterocycles. The van der Waals surface area contributed by atoms with Crippen LogP contribution in [0.1, 0.15) is 0 Å². The molecule has 1 aromatic heterocycles. The molecule has 1 unspecified atom stereocenters. The highest BCUT2D eigenvalue weighted by Gasteiger charge is 2.15. The molecule has 2 aromatic carbocycles. The summed E-state index contributed by atoms with van der Waals surface area (Å²) in [6.07, 6.45) is 0.719. The summed E-state index contributed by atoms with van der Waals surface area (Å²) in [6.45, 7) is 0.574. The Morgan fingerprint density at radius 3 is 2.69 bits per heavy atom. The lowest BCUT2D eigenvalue weighted by atomic mass is 10.2. The molecule has 7 nitrogen and oxygen atoms in total. The number of fused-ring (bicyclic) bond motifs is 1. The number of methoxy groups -OCH3 is 1. The molecule has 3 aromatic rings. The third-order valence-electron chi connectivity index (χ3n) is 4.11. The highest BCUT2D eigenvalue weighted by molar-refractivity contribution is 6.30. The number of hydrogen-bond acceptors (Lipinski definition) is 7. The molecule has 0 bridgehead atoms. The first-order valence-electron chi connectivity index (χ1n) is 8.87. The quantitative estimate of drug-likeness (QED) is 0.577. The van der Waals surface area contributed by atoms with E-state index in [4.69, 9.17) is 21.1 Å². The average Bonchev–Trinajstić information content (AvgIpc) is 2.67. The van der Waals surface area contributed by atoms with Crippen LogP contribution in [0.4, 0.5) is 15.9 Å². The molecule has 1 atom stereocenters. The highest BCUT2D eigenvalue weighted by atomic mass is 35.5. The first-order valence-corrected chi connectivity index (χ1v) is 9.25. The number of benzene rings is 2. The number of likely N-dealkylation sites (N-methyl/N-ethyl adjacent to an activating group) is 1. The summed E-state index contributed by atoms with van der Waals surface area (Å²) in [7, 11) is 5.25. The van der Waals surface area contributed by atoms with Crippen molar-refractivity contribution in [3.63, 3.8) is 0 Å². The van der Waals surface area contributed by atoms with Crippen molar-refractivity contribution in [3.8, 4) is 11.5 Å². The van der Waals surface area contributed by atoms with Gasteiger partial charge >= 0.3 is 0 Å². The molecule has 0 radical (unpaired) electrons. The number of aliphatic hydroxyl groups is 1. The van der Waals surface area contributed by atoms with Gasteiger partial charge in [-0.3, -0.25) is 0 Å². The zero-order valence-electron chi connectivity index (χ0n) is 16.3. The second-order valence-corrected chi connectivity index (χ2v) is 7.16. The van der Waals surface area contributed by atoms with Gasteiger partial charge in [0.1, 0.15) is 30.7 Å². The molecule has 154 valence electrons. The van der Waals surface area contributed by atoms with Crippen LogP contribution in [-0.4, -0.2) is 60.4 Å². The number of ether oxygens (including phenoxy) is 2. The number of halogens is 2. The summed E-state index contributed by atoms with van der Waals surface area (Å²) in [6, 6.07) is 7.74. The highest BCUT2D eigenvalue weighted by Crippen LogP contribution is 2.35. The average molecular weight is 421 g/mol. The topological polar surface area (TPSA) is 79.7 Å². The minimum Gasteiger partial charge on any atom is -0.493 e. The third kappa shape index (κ3) is 5.23. The van der Waals surface area contributed by atoms with Gasteiger partial charge in [-0.1, -0.05) is 11.6 Å². The van der Waals surface area contributed by atoms with Gasteiger partial charge in [-0.2, -0.15) is 0 Å². The van der Waals surface area contributed by atoms with Gasteiger partial charge in [-0.25, -0.2) is 14.4 Å². The molecular formula is C20H22ClFN4O3. The van der Waals surface area contributed by atoms with Gasteiger partial charge < -0.3 is 24.8 Å². The smallest absolute Gasteiger partial charge is 0.163 e. The van der Waals surface area contributed by atoms with Crippen LogP contribution in [0.2, 0.25) is 5.02 Å². The van der Waals surface area contributed by atoms with E-state index in [1.165, 1.54) is 25.6 Å². The Balaban J connectivity index is 1.90. The number of aliphatic hydroxyl groups excluding tert-OH is 1. The summed E-state index contributed by atoms with van der Waals surface area (Å²) in [5.74, 6) is 0.809. The number of rotatable bonds is 8. The van der Waals surface area contributed by atoms with Crippen LogP contribution in [0.5, 0.6) is 11.5 Å². The monoisotopic (exact) mass is 420 g/mol. The van der Waals surface area contributed by atoms with E-state index >= 15 is 0 Å². The zero-order chi connectivity index (χ0) is 21.0. The van der Waals surface area contributed by atoms with Crippen LogP contribution in [0.25, 0.3) is 10.9 Å². The van der Waals surface area contributed by atoms with Crippen LogP contribution >= 0.6 is 11.6 Å². The summed E-state index contributed by atoms with van der Waals surface area (Å²) in [4.78, 5) is 10.3. The fraction of sp³-hybridized carbons (Fsp3) is 0.300. The summed E-state index contributed by atoms with van der Waals surface area (Å²) >= 11 is 5.81. The van der Waals surface area contributed by atoms with E-state index in [-0.39, 0.29) is 12.3 Å². The van der Waals surface area contributed by atoms with E-state index in [9.17, 15) is 9.50 Å². The number of anilines is 2. The van der Waals surface area contributed by atoms with Gasteiger partial charge in [-0.15, -0.1) is 0 Å². The standard InChI is InChI=1S/C20H22ClFN4O3/c1-26(2)9-13(27)10-29-19-8-17-14(7-18(19)28-3)20(24-11-23-17)25-16-5-4-12(21)6-15(16)22/h4-8,11,13,27H,9-10H2,1-3H3,(H,23,24,25). The molecule has 0 amide bonds. The van der Waals surface area contributed by atoms with Gasteiger partial charge in [0, 0.05) is 23.0 Å². The fourth-order valence-electron chi connectivity index (χ4n) is 2.81. The molecule has 0 fully saturated rings. The third-order valence-corrected chi connectivity index (χ3v) is 4.35. The van der Waals surface area contributed by atoms with E-state index < -0.39 is 11.9 Å². The minimum atomic E-state index is -0.652. The second-order valence-electron chi connectivity index (χ2n) is 6.72. The Morgan fingerprint density at radius 1 is 1.21 bits per heavy atom. The van der Waals surface area contributed by atoms with Crippen molar-refractivity contribution in [2.24, 2.45) is 0 Å². The Hall–Kier alpha value is -2.68. The predicted octanol–water partition coefficient (Wildman–Crippen LogP) is 3.48. The van der Waals surface area contributed by atoms with Crippen LogP contribution in [-0.2, 0) is 0 Å². The van der Waals surface area contributed by atoms with E-state index in [1.54, 1.807) is 18.2 Å². The fourth-order valence-corrected chi connectivity index (χ4v) is 2.97. The van der Waals surface area contributed by atoms with Crippen LogP contribution in [0.3, 0.4) is 0 Å². The van der Waals surface area contributed by atoms with Gasteiger partial charge in [0.15, 0.2) is 11.5 Å². The summed E-state index contributed by atoms with van der Waals surface area (Å²) in [5.41, 5.74) is 0.815. The first kappa shape index (κ1) is 21.0. The van der Waals surface area contributed by atoms with E-state index in [0.29, 0.717) is 39.8 Å². The van der Waals surface area contributed by atoms with E-state index in [0.717, 1.165) is 0 Å². The molecule has 3 rings (SSSR count). The lowest BCUT2D eigenvalue weighted by molar-refractivity contribution is 0.0819. The van der Waals surface area contributed by atoms with Crippen molar-refractivity contribution >= 4 is 34.0 Å². The number of nitrogens with one attached hydrogen (secondary N) is 1. The molecule has 0 saturated carbocycles. The van der Waals surface area contributed by atoms with E-state index in [2.05, 4.69) is 15.3 Å². The van der Waals surface area contributed by atoms with Crippen LogP contribution in [0.15, 0.2) is 36.7 Å².